The second kappa shape index (κ2) is 5.95. The second-order valence-corrected chi connectivity index (χ2v) is 6.40. The lowest BCUT2D eigenvalue weighted by Crippen LogP contribution is -2.58. The number of piperazine rings is 1. The maximum atomic E-state index is 6.30. The number of benzene rings is 1. The third kappa shape index (κ3) is 2.56. The van der Waals surface area contributed by atoms with Crippen molar-refractivity contribution in [3.05, 3.63) is 29.3 Å². The summed E-state index contributed by atoms with van der Waals surface area (Å²) in [6.45, 7) is 5.19. The Bertz CT molecular complexity index is 497. The van der Waals surface area contributed by atoms with Crippen LogP contribution in [0.4, 0.5) is 0 Å². The van der Waals surface area contributed by atoms with Crippen LogP contribution >= 0.6 is 0 Å². The standard InChI is InChI=1S/C17H27N3O/c1-19-8-10-20(11-9-19)17(13-18)7-3-4-14-12-15(21-2)5-6-16(14)17/h5-6,12H,3-4,7-11,13,18H2,1-2H3. The van der Waals surface area contributed by atoms with Gasteiger partial charge in [-0.2, -0.15) is 0 Å². The van der Waals surface area contributed by atoms with Crippen molar-refractivity contribution >= 4 is 0 Å². The molecule has 1 atom stereocenters. The van der Waals surface area contributed by atoms with Crippen molar-refractivity contribution in [2.45, 2.75) is 24.8 Å². The molecule has 0 saturated carbocycles. The number of rotatable bonds is 3. The van der Waals surface area contributed by atoms with Gasteiger partial charge in [0.05, 0.1) is 12.6 Å². The first-order valence-electron chi connectivity index (χ1n) is 8.01. The van der Waals surface area contributed by atoms with Crippen molar-refractivity contribution in [3.63, 3.8) is 0 Å². The van der Waals surface area contributed by atoms with Crippen molar-refractivity contribution in [1.29, 1.82) is 0 Å². The number of hydrogen-bond acceptors (Lipinski definition) is 4. The summed E-state index contributed by atoms with van der Waals surface area (Å²) in [5.41, 5.74) is 9.18. The predicted octanol–water partition coefficient (Wildman–Crippen LogP) is 1.43. The highest BCUT2D eigenvalue weighted by atomic mass is 16.5. The number of likely N-dealkylation sites (N-methyl/N-ethyl adjacent to an activating group) is 1. The smallest absolute Gasteiger partial charge is 0.119 e. The van der Waals surface area contributed by atoms with Crippen LogP contribution in [0.15, 0.2) is 18.2 Å². The van der Waals surface area contributed by atoms with Gasteiger partial charge in [0, 0.05) is 32.7 Å². The Kier molecular flexibility index (Phi) is 4.20. The first kappa shape index (κ1) is 14.8. The van der Waals surface area contributed by atoms with E-state index in [0.29, 0.717) is 6.54 Å². The third-order valence-electron chi connectivity index (χ3n) is 5.30. The van der Waals surface area contributed by atoms with E-state index in [0.717, 1.165) is 38.3 Å². The summed E-state index contributed by atoms with van der Waals surface area (Å²) in [7, 11) is 3.94. The predicted molar refractivity (Wildman–Crippen MR) is 85.7 cm³/mol. The quantitative estimate of drug-likeness (QED) is 0.914. The maximum absolute atomic E-state index is 6.30. The molecule has 0 spiro atoms. The van der Waals surface area contributed by atoms with Crippen molar-refractivity contribution < 1.29 is 4.74 Å². The van der Waals surface area contributed by atoms with Crippen molar-refractivity contribution in [2.24, 2.45) is 5.73 Å². The fourth-order valence-corrected chi connectivity index (χ4v) is 3.97. The summed E-state index contributed by atoms with van der Waals surface area (Å²) in [6.07, 6.45) is 3.53. The van der Waals surface area contributed by atoms with Gasteiger partial charge in [0.2, 0.25) is 0 Å². The number of hydrogen-bond donors (Lipinski definition) is 1. The zero-order valence-electron chi connectivity index (χ0n) is 13.3. The molecule has 0 radical (unpaired) electrons. The number of fused-ring (bicyclic) bond motifs is 1. The van der Waals surface area contributed by atoms with E-state index in [1.807, 2.05) is 0 Å². The first-order chi connectivity index (χ1) is 10.2. The fraction of sp³-hybridized carbons (Fsp3) is 0.647. The van der Waals surface area contributed by atoms with E-state index in [4.69, 9.17) is 10.5 Å². The van der Waals surface area contributed by atoms with Crippen molar-refractivity contribution in [3.8, 4) is 5.75 Å². The summed E-state index contributed by atoms with van der Waals surface area (Å²) in [4.78, 5) is 5.02. The van der Waals surface area contributed by atoms with Gasteiger partial charge in [-0.15, -0.1) is 0 Å². The van der Waals surface area contributed by atoms with E-state index in [1.54, 1.807) is 7.11 Å². The highest BCUT2D eigenvalue weighted by Gasteiger charge is 2.41. The van der Waals surface area contributed by atoms with Crippen molar-refractivity contribution in [1.82, 2.24) is 9.80 Å². The molecule has 1 aromatic carbocycles. The molecule has 0 amide bonds. The lowest BCUT2D eigenvalue weighted by Gasteiger charge is -2.50. The molecule has 4 nitrogen and oxygen atoms in total. The number of methoxy groups -OCH3 is 1. The molecule has 1 aliphatic carbocycles. The second-order valence-electron chi connectivity index (χ2n) is 6.40. The Hall–Kier alpha value is -1.10. The molecule has 0 aromatic heterocycles. The molecule has 116 valence electrons. The Balaban J connectivity index is 1.96. The van der Waals surface area contributed by atoms with E-state index in [2.05, 4.69) is 35.0 Å². The van der Waals surface area contributed by atoms with Gasteiger partial charge in [0.15, 0.2) is 0 Å². The molecule has 3 rings (SSSR count). The Morgan fingerprint density at radius 2 is 2.00 bits per heavy atom. The van der Waals surface area contributed by atoms with E-state index in [1.165, 1.54) is 24.0 Å². The fourth-order valence-electron chi connectivity index (χ4n) is 3.97. The van der Waals surface area contributed by atoms with Gasteiger partial charge in [-0.05, 0) is 49.6 Å². The molecule has 1 aliphatic heterocycles. The summed E-state index contributed by atoms with van der Waals surface area (Å²) in [5, 5.41) is 0. The Morgan fingerprint density at radius 3 is 2.67 bits per heavy atom. The molecular weight excluding hydrogens is 262 g/mol. The van der Waals surface area contributed by atoms with Gasteiger partial charge in [-0.3, -0.25) is 4.90 Å². The SMILES string of the molecule is COc1ccc2c(c1)CCCC2(CN)N1CCN(C)CC1. The molecule has 1 heterocycles. The lowest BCUT2D eigenvalue weighted by atomic mass is 9.75. The molecule has 2 aliphatic rings. The minimum Gasteiger partial charge on any atom is -0.497 e. The average molecular weight is 289 g/mol. The molecule has 21 heavy (non-hydrogen) atoms. The summed E-state index contributed by atoms with van der Waals surface area (Å²) < 4.78 is 5.39. The molecule has 1 aromatic rings. The van der Waals surface area contributed by atoms with Gasteiger partial charge in [-0.25, -0.2) is 0 Å². The summed E-state index contributed by atoms with van der Waals surface area (Å²) in [5.74, 6) is 0.958. The van der Waals surface area contributed by atoms with Crippen LogP contribution in [-0.4, -0.2) is 56.7 Å². The van der Waals surface area contributed by atoms with Crippen LogP contribution in [0.5, 0.6) is 5.75 Å². The van der Waals surface area contributed by atoms with Gasteiger partial charge >= 0.3 is 0 Å². The zero-order valence-corrected chi connectivity index (χ0v) is 13.3. The Morgan fingerprint density at radius 1 is 1.24 bits per heavy atom. The molecule has 1 unspecified atom stereocenters. The largest absolute Gasteiger partial charge is 0.497 e. The normalized spacial score (nSPS) is 27.4. The molecular formula is C17H27N3O. The van der Waals surface area contributed by atoms with Gasteiger partial charge < -0.3 is 15.4 Å². The van der Waals surface area contributed by atoms with Crippen LogP contribution in [0.3, 0.4) is 0 Å². The van der Waals surface area contributed by atoms with Gasteiger partial charge in [0.25, 0.3) is 0 Å². The lowest BCUT2D eigenvalue weighted by molar-refractivity contribution is 0.0299. The third-order valence-corrected chi connectivity index (χ3v) is 5.30. The highest BCUT2D eigenvalue weighted by Crippen LogP contribution is 2.41. The number of ether oxygens (including phenoxy) is 1. The first-order valence-corrected chi connectivity index (χ1v) is 8.01. The topological polar surface area (TPSA) is 41.7 Å². The number of nitrogens with two attached hydrogens (primary N) is 1. The maximum Gasteiger partial charge on any atom is 0.119 e. The van der Waals surface area contributed by atoms with Crippen LogP contribution < -0.4 is 10.5 Å². The zero-order chi connectivity index (χ0) is 14.9. The highest BCUT2D eigenvalue weighted by molar-refractivity contribution is 5.42. The average Bonchev–Trinajstić information content (AvgIpc) is 2.54. The minimum atomic E-state index is 0.0289. The van der Waals surface area contributed by atoms with E-state index in [-0.39, 0.29) is 5.54 Å². The van der Waals surface area contributed by atoms with Crippen LogP contribution in [0, 0.1) is 0 Å². The van der Waals surface area contributed by atoms with Gasteiger partial charge in [-0.1, -0.05) is 6.07 Å². The molecule has 4 heteroatoms. The monoisotopic (exact) mass is 289 g/mol. The summed E-state index contributed by atoms with van der Waals surface area (Å²) >= 11 is 0. The molecule has 0 bridgehead atoms. The Labute approximate surface area is 127 Å². The van der Waals surface area contributed by atoms with E-state index >= 15 is 0 Å². The van der Waals surface area contributed by atoms with Crippen molar-refractivity contribution in [2.75, 3.05) is 46.9 Å². The van der Waals surface area contributed by atoms with Crippen LogP contribution in [0.2, 0.25) is 0 Å². The minimum absolute atomic E-state index is 0.0289. The number of aryl methyl sites for hydroxylation is 1. The number of nitrogens with zero attached hydrogens (tertiary/aromatic N) is 2. The van der Waals surface area contributed by atoms with Crippen LogP contribution in [0.25, 0.3) is 0 Å². The van der Waals surface area contributed by atoms with Crippen LogP contribution in [-0.2, 0) is 12.0 Å². The summed E-state index contributed by atoms with van der Waals surface area (Å²) in [6, 6.07) is 6.54. The molecule has 1 saturated heterocycles. The van der Waals surface area contributed by atoms with E-state index < -0.39 is 0 Å². The van der Waals surface area contributed by atoms with Gasteiger partial charge in [0.1, 0.15) is 5.75 Å². The van der Waals surface area contributed by atoms with Crippen LogP contribution in [0.1, 0.15) is 24.0 Å². The molecule has 2 N–H and O–H groups in total. The molecule has 1 fully saturated rings. The van der Waals surface area contributed by atoms with E-state index in [9.17, 15) is 0 Å².